The highest BCUT2D eigenvalue weighted by molar-refractivity contribution is 5.90. The fourth-order valence-electron chi connectivity index (χ4n) is 2.02. The Morgan fingerprint density at radius 2 is 2.16 bits per heavy atom. The number of anilines is 1. The molecule has 0 saturated carbocycles. The van der Waals surface area contributed by atoms with E-state index in [0.29, 0.717) is 18.7 Å². The van der Waals surface area contributed by atoms with Crippen LogP contribution in [0, 0.1) is 0 Å². The molecule has 0 aliphatic heterocycles. The molecule has 1 atom stereocenters. The quantitative estimate of drug-likeness (QED) is 0.610. The van der Waals surface area contributed by atoms with Crippen LogP contribution >= 0.6 is 0 Å². The van der Waals surface area contributed by atoms with E-state index in [0.717, 1.165) is 16.7 Å². The standard InChI is InChI=1S/C15H21NO3/c1-4-11(9-15(17)18)12-6-7-13(14(16)8-12)10(3)19-5-2/h6-10H,4-5,16H2,1-3H3,(H,17,18)/b11-9+/t10-/m1/s1. The summed E-state index contributed by atoms with van der Waals surface area (Å²) < 4.78 is 5.51. The van der Waals surface area contributed by atoms with E-state index in [2.05, 4.69) is 0 Å². The number of rotatable bonds is 6. The molecule has 0 bridgehead atoms. The van der Waals surface area contributed by atoms with Crippen molar-refractivity contribution in [2.24, 2.45) is 0 Å². The summed E-state index contributed by atoms with van der Waals surface area (Å²) in [5, 5.41) is 8.83. The van der Waals surface area contributed by atoms with E-state index < -0.39 is 5.97 Å². The van der Waals surface area contributed by atoms with Crippen LogP contribution in [0.3, 0.4) is 0 Å². The van der Waals surface area contributed by atoms with Crippen molar-refractivity contribution in [1.82, 2.24) is 0 Å². The average molecular weight is 263 g/mol. The monoisotopic (exact) mass is 263 g/mol. The number of carbonyl (C=O) groups is 1. The normalized spacial score (nSPS) is 13.3. The highest BCUT2D eigenvalue weighted by atomic mass is 16.5. The fourth-order valence-corrected chi connectivity index (χ4v) is 2.02. The molecule has 19 heavy (non-hydrogen) atoms. The van der Waals surface area contributed by atoms with E-state index in [4.69, 9.17) is 15.6 Å². The molecule has 0 heterocycles. The summed E-state index contributed by atoms with van der Waals surface area (Å²) in [6.45, 7) is 6.43. The van der Waals surface area contributed by atoms with Crippen LogP contribution in [0.2, 0.25) is 0 Å². The van der Waals surface area contributed by atoms with Crippen LogP contribution < -0.4 is 5.73 Å². The molecular weight excluding hydrogens is 242 g/mol. The topological polar surface area (TPSA) is 72.5 Å². The van der Waals surface area contributed by atoms with Crippen molar-refractivity contribution in [3.05, 3.63) is 35.4 Å². The first-order valence-electron chi connectivity index (χ1n) is 6.44. The van der Waals surface area contributed by atoms with Gasteiger partial charge in [-0.2, -0.15) is 0 Å². The Morgan fingerprint density at radius 3 is 2.63 bits per heavy atom. The second kappa shape index (κ2) is 6.95. The second-order valence-electron chi connectivity index (χ2n) is 4.30. The van der Waals surface area contributed by atoms with Crippen LogP contribution in [0.5, 0.6) is 0 Å². The molecule has 0 aromatic heterocycles. The SMILES string of the molecule is CCO[C@H](C)c1ccc(/C(=C/C(=O)O)CC)cc1N. The molecular formula is C15H21NO3. The predicted molar refractivity (Wildman–Crippen MR) is 76.8 cm³/mol. The number of ether oxygens (including phenoxy) is 1. The van der Waals surface area contributed by atoms with Gasteiger partial charge in [-0.25, -0.2) is 4.79 Å². The van der Waals surface area contributed by atoms with Crippen LogP contribution in [-0.2, 0) is 9.53 Å². The molecule has 1 rings (SSSR count). The van der Waals surface area contributed by atoms with Crippen molar-refractivity contribution in [2.75, 3.05) is 12.3 Å². The van der Waals surface area contributed by atoms with E-state index in [1.807, 2.05) is 39.0 Å². The zero-order chi connectivity index (χ0) is 14.4. The van der Waals surface area contributed by atoms with Gasteiger partial charge in [-0.1, -0.05) is 19.1 Å². The van der Waals surface area contributed by atoms with Gasteiger partial charge in [-0.3, -0.25) is 0 Å². The third-order valence-electron chi connectivity index (χ3n) is 2.99. The number of carboxylic acid groups (broad SMARTS) is 1. The number of carboxylic acids is 1. The van der Waals surface area contributed by atoms with Crippen LogP contribution in [0.1, 0.15) is 44.4 Å². The molecule has 0 aliphatic rings. The van der Waals surface area contributed by atoms with E-state index in [1.165, 1.54) is 6.08 Å². The van der Waals surface area contributed by atoms with Crippen molar-refractivity contribution >= 4 is 17.2 Å². The molecule has 1 aromatic carbocycles. The minimum atomic E-state index is -0.942. The third kappa shape index (κ3) is 4.10. The van der Waals surface area contributed by atoms with Gasteiger partial charge in [0.1, 0.15) is 0 Å². The summed E-state index contributed by atoms with van der Waals surface area (Å²) in [6.07, 6.45) is 1.81. The molecule has 0 aliphatic carbocycles. The number of hydrogen-bond acceptors (Lipinski definition) is 3. The average Bonchev–Trinajstić information content (AvgIpc) is 2.35. The Labute approximate surface area is 113 Å². The highest BCUT2D eigenvalue weighted by Gasteiger charge is 2.11. The summed E-state index contributed by atoms with van der Waals surface area (Å²) in [5.74, 6) is -0.942. The van der Waals surface area contributed by atoms with Gasteiger partial charge in [0, 0.05) is 23.9 Å². The molecule has 4 heteroatoms. The Kier molecular flexibility index (Phi) is 5.57. The maximum absolute atomic E-state index is 10.8. The number of nitrogens with two attached hydrogens (primary N) is 1. The van der Waals surface area contributed by atoms with Gasteiger partial charge < -0.3 is 15.6 Å². The van der Waals surface area contributed by atoms with Gasteiger partial charge >= 0.3 is 5.97 Å². The maximum Gasteiger partial charge on any atom is 0.328 e. The molecule has 0 saturated heterocycles. The lowest BCUT2D eigenvalue weighted by Crippen LogP contribution is -2.04. The molecule has 1 aromatic rings. The zero-order valence-electron chi connectivity index (χ0n) is 11.6. The lowest BCUT2D eigenvalue weighted by Gasteiger charge is -2.16. The molecule has 0 fully saturated rings. The molecule has 3 N–H and O–H groups in total. The van der Waals surface area contributed by atoms with Gasteiger partial charge in [0.2, 0.25) is 0 Å². The van der Waals surface area contributed by atoms with Gasteiger partial charge in [-0.05, 0) is 37.5 Å². The smallest absolute Gasteiger partial charge is 0.328 e. The van der Waals surface area contributed by atoms with Gasteiger partial charge in [0.05, 0.1) is 6.10 Å². The van der Waals surface area contributed by atoms with E-state index >= 15 is 0 Å². The number of hydrogen-bond donors (Lipinski definition) is 2. The second-order valence-corrected chi connectivity index (χ2v) is 4.30. The van der Waals surface area contributed by atoms with Gasteiger partial charge in [-0.15, -0.1) is 0 Å². The zero-order valence-corrected chi connectivity index (χ0v) is 11.6. The van der Waals surface area contributed by atoms with Crippen molar-refractivity contribution < 1.29 is 14.6 Å². The van der Waals surface area contributed by atoms with Gasteiger partial charge in [0.25, 0.3) is 0 Å². The number of nitrogen functional groups attached to an aromatic ring is 1. The van der Waals surface area contributed by atoms with Crippen LogP contribution in [0.15, 0.2) is 24.3 Å². The van der Waals surface area contributed by atoms with Crippen molar-refractivity contribution in [2.45, 2.75) is 33.3 Å². The summed E-state index contributed by atoms with van der Waals surface area (Å²) in [4.78, 5) is 10.8. The van der Waals surface area contributed by atoms with E-state index in [-0.39, 0.29) is 6.10 Å². The van der Waals surface area contributed by atoms with Gasteiger partial charge in [0.15, 0.2) is 0 Å². The van der Waals surface area contributed by atoms with Crippen molar-refractivity contribution in [1.29, 1.82) is 0 Å². The first-order chi connectivity index (χ1) is 8.99. The molecule has 4 nitrogen and oxygen atoms in total. The lowest BCUT2D eigenvalue weighted by atomic mass is 9.98. The minimum absolute atomic E-state index is 0.0624. The van der Waals surface area contributed by atoms with Crippen LogP contribution in [0.25, 0.3) is 5.57 Å². The largest absolute Gasteiger partial charge is 0.478 e. The molecule has 0 unspecified atom stereocenters. The number of allylic oxidation sites excluding steroid dienone is 1. The lowest BCUT2D eigenvalue weighted by molar-refractivity contribution is -0.131. The molecule has 0 amide bonds. The van der Waals surface area contributed by atoms with Crippen LogP contribution in [0.4, 0.5) is 5.69 Å². The Morgan fingerprint density at radius 1 is 1.47 bits per heavy atom. The van der Waals surface area contributed by atoms with E-state index in [1.54, 1.807) is 0 Å². The van der Waals surface area contributed by atoms with Crippen molar-refractivity contribution in [3.63, 3.8) is 0 Å². The maximum atomic E-state index is 10.8. The molecule has 0 radical (unpaired) electrons. The minimum Gasteiger partial charge on any atom is -0.478 e. The summed E-state index contributed by atoms with van der Waals surface area (Å²) in [6, 6.07) is 5.60. The Balaban J connectivity index is 3.08. The first kappa shape index (κ1) is 15.2. The summed E-state index contributed by atoms with van der Waals surface area (Å²) >= 11 is 0. The Hall–Kier alpha value is -1.81. The van der Waals surface area contributed by atoms with E-state index in [9.17, 15) is 4.79 Å². The summed E-state index contributed by atoms with van der Waals surface area (Å²) in [5.41, 5.74) is 9.18. The Bertz CT molecular complexity index is 480. The molecule has 104 valence electrons. The molecule has 0 spiro atoms. The first-order valence-corrected chi connectivity index (χ1v) is 6.44. The van der Waals surface area contributed by atoms with Crippen LogP contribution in [-0.4, -0.2) is 17.7 Å². The summed E-state index contributed by atoms with van der Waals surface area (Å²) in [7, 11) is 0. The number of aliphatic carboxylic acids is 1. The van der Waals surface area contributed by atoms with Crippen molar-refractivity contribution in [3.8, 4) is 0 Å². The predicted octanol–water partition coefficient (Wildman–Crippen LogP) is 3.24. The fraction of sp³-hybridized carbons (Fsp3) is 0.400. The highest BCUT2D eigenvalue weighted by Crippen LogP contribution is 2.28. The third-order valence-corrected chi connectivity index (χ3v) is 2.99. The number of benzene rings is 1.